The number of nitrogens with zero attached hydrogens (tertiary/aromatic N) is 1. The zero-order chi connectivity index (χ0) is 18.3. The number of aliphatic hydroxyl groups is 1. The van der Waals surface area contributed by atoms with Crippen LogP contribution in [0.4, 0.5) is 4.79 Å². The fourth-order valence-electron chi connectivity index (χ4n) is 3.04. The van der Waals surface area contributed by atoms with Gasteiger partial charge in [-0.3, -0.25) is 4.90 Å². The minimum absolute atomic E-state index is 0.122. The number of aliphatic hydroxyl groups excluding tert-OH is 1. The van der Waals surface area contributed by atoms with E-state index >= 15 is 0 Å². The zero-order valence-corrected chi connectivity index (χ0v) is 15.4. The largest absolute Gasteiger partial charge is 0.458 e. The number of ether oxygens (including phenoxy) is 3. The Bertz CT molecular complexity index is 488. The van der Waals surface area contributed by atoms with Crippen LogP contribution in [0.2, 0.25) is 0 Å². The van der Waals surface area contributed by atoms with Crippen LogP contribution in [0.3, 0.4) is 0 Å². The smallest absolute Gasteiger partial charge is 0.411 e. The van der Waals surface area contributed by atoms with Crippen molar-refractivity contribution in [1.82, 2.24) is 4.90 Å². The van der Waals surface area contributed by atoms with E-state index in [4.69, 9.17) is 14.2 Å². The molecular weight excluding hydrogens is 314 g/mol. The van der Waals surface area contributed by atoms with Crippen molar-refractivity contribution < 1.29 is 28.9 Å². The van der Waals surface area contributed by atoms with E-state index < -0.39 is 29.3 Å². The first-order valence-electron chi connectivity index (χ1n) is 8.39. The van der Waals surface area contributed by atoms with E-state index in [1.54, 1.807) is 41.5 Å². The predicted molar refractivity (Wildman–Crippen MR) is 86.4 cm³/mol. The SMILES string of the molecule is CC(C)(C)OC(=O)[C@@H]1C[C@H](CO)[C@@H](C2CO2)N1C(=O)OC(C)(C)C. The highest BCUT2D eigenvalue weighted by atomic mass is 16.6. The Hall–Kier alpha value is -1.34. The molecule has 0 spiro atoms. The van der Waals surface area contributed by atoms with Gasteiger partial charge in [0.25, 0.3) is 0 Å². The summed E-state index contributed by atoms with van der Waals surface area (Å²) in [5.41, 5.74) is -1.33. The minimum Gasteiger partial charge on any atom is -0.458 e. The number of esters is 1. The van der Waals surface area contributed by atoms with Crippen molar-refractivity contribution in [2.75, 3.05) is 13.2 Å². The molecule has 138 valence electrons. The van der Waals surface area contributed by atoms with Gasteiger partial charge < -0.3 is 19.3 Å². The van der Waals surface area contributed by atoms with Crippen molar-refractivity contribution in [2.24, 2.45) is 5.92 Å². The van der Waals surface area contributed by atoms with Crippen LogP contribution in [-0.2, 0) is 19.0 Å². The lowest BCUT2D eigenvalue weighted by Gasteiger charge is -2.33. The lowest BCUT2D eigenvalue weighted by atomic mass is 9.98. The first-order chi connectivity index (χ1) is 10.9. The fraction of sp³-hybridized carbons (Fsp3) is 0.882. The minimum atomic E-state index is -0.773. The Morgan fingerprint density at radius 2 is 1.67 bits per heavy atom. The molecule has 7 heteroatoms. The van der Waals surface area contributed by atoms with Gasteiger partial charge in [-0.1, -0.05) is 0 Å². The van der Waals surface area contributed by atoms with Gasteiger partial charge in [-0.05, 0) is 48.0 Å². The number of carbonyl (C=O) groups excluding carboxylic acids is 2. The second-order valence-electron chi connectivity index (χ2n) is 8.48. The number of amides is 1. The van der Waals surface area contributed by atoms with Crippen molar-refractivity contribution in [1.29, 1.82) is 0 Å². The quantitative estimate of drug-likeness (QED) is 0.620. The van der Waals surface area contributed by atoms with E-state index in [0.29, 0.717) is 13.0 Å². The molecule has 0 saturated carbocycles. The molecular formula is C17H29NO6. The van der Waals surface area contributed by atoms with Crippen molar-refractivity contribution in [3.63, 3.8) is 0 Å². The topological polar surface area (TPSA) is 88.6 Å². The Morgan fingerprint density at radius 1 is 1.12 bits per heavy atom. The van der Waals surface area contributed by atoms with Crippen LogP contribution in [0.25, 0.3) is 0 Å². The van der Waals surface area contributed by atoms with Gasteiger partial charge in [0.2, 0.25) is 0 Å². The van der Waals surface area contributed by atoms with E-state index in [1.165, 1.54) is 4.90 Å². The molecule has 2 fully saturated rings. The highest BCUT2D eigenvalue weighted by molar-refractivity contribution is 5.83. The van der Waals surface area contributed by atoms with Gasteiger partial charge in [0.05, 0.1) is 12.6 Å². The normalized spacial score (nSPS) is 30.2. The van der Waals surface area contributed by atoms with Gasteiger partial charge in [0.15, 0.2) is 0 Å². The monoisotopic (exact) mass is 343 g/mol. The van der Waals surface area contributed by atoms with E-state index in [-0.39, 0.29) is 24.7 Å². The molecule has 7 nitrogen and oxygen atoms in total. The summed E-state index contributed by atoms with van der Waals surface area (Å²) in [5.74, 6) is -0.711. The van der Waals surface area contributed by atoms with Gasteiger partial charge in [0, 0.05) is 12.5 Å². The fourth-order valence-corrected chi connectivity index (χ4v) is 3.04. The highest BCUT2D eigenvalue weighted by Crippen LogP contribution is 2.38. The third-order valence-electron chi connectivity index (χ3n) is 3.92. The summed E-state index contributed by atoms with van der Waals surface area (Å²) in [6.07, 6.45) is -0.397. The summed E-state index contributed by atoms with van der Waals surface area (Å²) in [7, 11) is 0. The van der Waals surface area contributed by atoms with Crippen molar-refractivity contribution in [3.8, 4) is 0 Å². The zero-order valence-electron chi connectivity index (χ0n) is 15.4. The van der Waals surface area contributed by atoms with Crippen molar-refractivity contribution in [3.05, 3.63) is 0 Å². The van der Waals surface area contributed by atoms with Gasteiger partial charge in [0.1, 0.15) is 23.3 Å². The third-order valence-corrected chi connectivity index (χ3v) is 3.92. The molecule has 0 radical (unpaired) electrons. The van der Waals surface area contributed by atoms with E-state index in [0.717, 1.165) is 0 Å². The third kappa shape index (κ3) is 4.60. The van der Waals surface area contributed by atoms with E-state index in [2.05, 4.69) is 0 Å². The Morgan fingerprint density at radius 3 is 2.08 bits per heavy atom. The van der Waals surface area contributed by atoms with Crippen LogP contribution in [-0.4, -0.2) is 64.7 Å². The maximum Gasteiger partial charge on any atom is 0.411 e. The summed E-state index contributed by atoms with van der Waals surface area (Å²) in [4.78, 5) is 26.7. The highest BCUT2D eigenvalue weighted by Gasteiger charge is 2.55. The molecule has 1 N–H and O–H groups in total. The van der Waals surface area contributed by atoms with Crippen molar-refractivity contribution >= 4 is 12.1 Å². The van der Waals surface area contributed by atoms with Crippen molar-refractivity contribution in [2.45, 2.75) is 77.4 Å². The molecule has 4 atom stereocenters. The number of epoxide rings is 1. The summed E-state index contributed by atoms with van der Waals surface area (Å²) in [6.45, 7) is 11.1. The van der Waals surface area contributed by atoms with Crippen LogP contribution in [0.1, 0.15) is 48.0 Å². The maximum atomic E-state index is 12.7. The molecule has 24 heavy (non-hydrogen) atoms. The molecule has 0 aromatic heterocycles. The molecule has 2 saturated heterocycles. The standard InChI is InChI=1S/C17H29NO6/c1-16(2,3)23-14(20)11-7-10(8-19)13(12-9-22-12)18(11)15(21)24-17(4,5)6/h10-13,19H,7-9H2,1-6H3/t10-,11+,12?,13+/m1/s1. The van der Waals surface area contributed by atoms with Crippen LogP contribution in [0.15, 0.2) is 0 Å². The average molecular weight is 343 g/mol. The lowest BCUT2D eigenvalue weighted by Crippen LogP contribution is -2.51. The molecule has 0 bridgehead atoms. The molecule has 0 aromatic carbocycles. The molecule has 2 rings (SSSR count). The summed E-state index contributed by atoms with van der Waals surface area (Å²) < 4.78 is 16.3. The van der Waals surface area contributed by atoms with Crippen LogP contribution < -0.4 is 0 Å². The van der Waals surface area contributed by atoms with Crippen LogP contribution in [0, 0.1) is 5.92 Å². The number of rotatable bonds is 3. The van der Waals surface area contributed by atoms with E-state index in [1.807, 2.05) is 0 Å². The number of hydrogen-bond acceptors (Lipinski definition) is 6. The van der Waals surface area contributed by atoms with Gasteiger partial charge >= 0.3 is 12.1 Å². The number of hydrogen-bond donors (Lipinski definition) is 1. The summed E-state index contributed by atoms with van der Waals surface area (Å²) >= 11 is 0. The van der Waals surface area contributed by atoms with Crippen LogP contribution in [0.5, 0.6) is 0 Å². The predicted octanol–water partition coefficient (Wildman–Crippen LogP) is 1.71. The molecule has 2 heterocycles. The van der Waals surface area contributed by atoms with Gasteiger partial charge in [-0.2, -0.15) is 0 Å². The number of carbonyl (C=O) groups is 2. The molecule has 1 unspecified atom stereocenters. The molecule has 1 amide bonds. The Labute approximate surface area is 143 Å². The molecule has 0 aliphatic carbocycles. The Kier molecular flexibility index (Phi) is 5.16. The van der Waals surface area contributed by atoms with E-state index in [9.17, 15) is 14.7 Å². The lowest BCUT2D eigenvalue weighted by molar-refractivity contribution is -0.160. The Balaban J connectivity index is 2.26. The maximum absolute atomic E-state index is 12.7. The first-order valence-corrected chi connectivity index (χ1v) is 8.39. The summed E-state index contributed by atoms with van der Waals surface area (Å²) in [5, 5.41) is 9.69. The summed E-state index contributed by atoms with van der Waals surface area (Å²) in [6, 6.07) is -1.15. The first kappa shape index (κ1) is 19.0. The average Bonchev–Trinajstić information content (AvgIpc) is 3.13. The van der Waals surface area contributed by atoms with Crippen LogP contribution >= 0.6 is 0 Å². The molecule has 2 aliphatic rings. The second kappa shape index (κ2) is 6.52. The molecule has 2 aliphatic heterocycles. The number of likely N-dealkylation sites (tertiary alicyclic amines) is 1. The van der Waals surface area contributed by atoms with Gasteiger partial charge in [-0.25, -0.2) is 9.59 Å². The molecule has 0 aromatic rings. The van der Waals surface area contributed by atoms with Gasteiger partial charge in [-0.15, -0.1) is 0 Å². The second-order valence-corrected chi connectivity index (χ2v) is 8.48.